The summed E-state index contributed by atoms with van der Waals surface area (Å²) in [7, 11) is -3.98. The maximum atomic E-state index is 12.6. The van der Waals surface area contributed by atoms with Crippen molar-refractivity contribution in [1.82, 2.24) is 0 Å². The van der Waals surface area contributed by atoms with Gasteiger partial charge in [0, 0.05) is 5.08 Å². The molecule has 7 heteroatoms. The molecule has 0 saturated carbocycles. The molecule has 3 atom stereocenters. The van der Waals surface area contributed by atoms with Crippen LogP contribution in [-0.2, 0) is 20.7 Å². The van der Waals surface area contributed by atoms with Crippen LogP contribution in [0, 0.1) is 6.92 Å². The Hall–Kier alpha value is 0.0200. The van der Waals surface area contributed by atoms with Crippen molar-refractivity contribution in [3.63, 3.8) is 0 Å². The lowest BCUT2D eigenvalue weighted by Crippen LogP contribution is -2.26. The third kappa shape index (κ3) is 4.27. The Labute approximate surface area is 138 Å². The number of hydrogen-bond donors (Lipinski definition) is 0. The summed E-state index contributed by atoms with van der Waals surface area (Å²) in [5, 5.41) is 1.04. The fourth-order valence-corrected chi connectivity index (χ4v) is 11.3. The third-order valence-corrected chi connectivity index (χ3v) is 11.8. The Bertz CT molecular complexity index is 596. The highest BCUT2D eigenvalue weighted by Crippen LogP contribution is 2.39. The van der Waals surface area contributed by atoms with Gasteiger partial charge in [0.25, 0.3) is 10.0 Å². The van der Waals surface area contributed by atoms with Gasteiger partial charge in [-0.2, -0.15) is 8.42 Å². The fourth-order valence-electron chi connectivity index (χ4n) is 2.04. The van der Waals surface area contributed by atoms with Crippen molar-refractivity contribution in [2.24, 2.45) is 3.77 Å². The summed E-state index contributed by atoms with van der Waals surface area (Å²) in [6.07, 6.45) is 1.94. The Morgan fingerprint density at radius 1 is 1.14 bits per heavy atom. The van der Waals surface area contributed by atoms with E-state index in [1.54, 1.807) is 12.1 Å². The molecular formula is C14H21NO2S4. The van der Waals surface area contributed by atoms with Gasteiger partial charge in [0.15, 0.2) is 0 Å². The minimum Gasteiger partial charge on any atom is -0.199 e. The van der Waals surface area contributed by atoms with Crippen LogP contribution >= 0.6 is 23.5 Å². The maximum Gasteiger partial charge on any atom is 0.287 e. The molecule has 1 fully saturated rings. The van der Waals surface area contributed by atoms with Crippen molar-refractivity contribution in [3.8, 4) is 0 Å². The summed E-state index contributed by atoms with van der Waals surface area (Å²) in [5.74, 6) is 0. The fraction of sp³-hybridized carbons (Fsp3) is 0.571. The average molecular weight is 364 g/mol. The van der Waals surface area contributed by atoms with Crippen molar-refractivity contribution in [2.45, 2.75) is 47.7 Å². The minimum absolute atomic E-state index is 0.311. The van der Waals surface area contributed by atoms with Crippen LogP contribution in [0.5, 0.6) is 0 Å². The Kier molecular flexibility index (Phi) is 6.23. The highest BCUT2D eigenvalue weighted by atomic mass is 32.3. The lowest BCUT2D eigenvalue weighted by molar-refractivity contribution is 0.598. The minimum atomic E-state index is -3.55. The second kappa shape index (κ2) is 7.53. The van der Waals surface area contributed by atoms with Crippen molar-refractivity contribution >= 4 is 44.2 Å². The van der Waals surface area contributed by atoms with E-state index in [4.69, 9.17) is 0 Å². The molecule has 0 aliphatic carbocycles. The number of rotatable bonds is 4. The zero-order chi connectivity index (χ0) is 15.5. The summed E-state index contributed by atoms with van der Waals surface area (Å²) < 4.78 is 30.1. The summed E-state index contributed by atoms with van der Waals surface area (Å²) in [6.45, 7) is 6.19. The number of sulfonamides is 1. The van der Waals surface area contributed by atoms with Crippen LogP contribution < -0.4 is 0 Å². The topological polar surface area (TPSA) is 46.5 Å². The van der Waals surface area contributed by atoms with E-state index in [0.29, 0.717) is 14.1 Å². The van der Waals surface area contributed by atoms with E-state index in [9.17, 15) is 8.42 Å². The molecule has 118 valence electrons. The van der Waals surface area contributed by atoms with Crippen LogP contribution in [0.1, 0.15) is 32.3 Å². The molecule has 1 aromatic rings. The lowest BCUT2D eigenvalue weighted by Gasteiger charge is -2.30. The van der Waals surface area contributed by atoms with Gasteiger partial charge in [-0.15, -0.1) is 27.3 Å². The van der Waals surface area contributed by atoms with Crippen molar-refractivity contribution in [2.75, 3.05) is 5.08 Å². The van der Waals surface area contributed by atoms with Crippen molar-refractivity contribution < 1.29 is 8.42 Å². The summed E-state index contributed by atoms with van der Waals surface area (Å²) in [4.78, 5) is 0.311. The van der Waals surface area contributed by atoms with Crippen LogP contribution in [0.4, 0.5) is 0 Å². The normalized spacial score (nSPS) is 26.9. The zero-order valence-electron chi connectivity index (χ0n) is 12.5. The first-order chi connectivity index (χ1) is 9.97. The first-order valence-corrected chi connectivity index (χ1v) is 11.8. The number of thioether (sulfide) groups is 2. The molecule has 0 aromatic heterocycles. The van der Waals surface area contributed by atoms with E-state index in [0.717, 1.165) is 23.5 Å². The molecule has 0 radical (unpaired) electrons. The second-order valence-corrected chi connectivity index (χ2v) is 12.0. The SMILES string of the molecule is CC[C@@H]1SCS[C@H](CC)S1=NS(=O)(=O)c1ccc(C)cc1. The predicted molar refractivity (Wildman–Crippen MR) is 96.4 cm³/mol. The number of benzene rings is 1. The predicted octanol–water partition coefficient (Wildman–Crippen LogP) is 4.40. The van der Waals surface area contributed by atoms with E-state index in [1.165, 1.54) is 0 Å². The molecule has 0 bridgehead atoms. The molecule has 1 heterocycles. The standard InChI is InChI=1S/C14H21NO2S4/c1-4-13-18-10-19-14(5-2)20(13)15-21(16,17)12-8-6-11(3)7-9-12/h6-9,13-14H,4-5,10H2,1-3H3/t13-,14+,20?. The zero-order valence-corrected chi connectivity index (χ0v) is 15.7. The second-order valence-electron chi connectivity index (χ2n) is 4.84. The molecule has 1 aliphatic heterocycles. The van der Waals surface area contributed by atoms with Crippen LogP contribution in [-0.4, -0.2) is 22.7 Å². The van der Waals surface area contributed by atoms with Crippen molar-refractivity contribution in [1.29, 1.82) is 0 Å². The first-order valence-electron chi connectivity index (χ1n) is 6.97. The van der Waals surface area contributed by atoms with Gasteiger partial charge in [0.05, 0.1) is 14.1 Å². The third-order valence-electron chi connectivity index (χ3n) is 3.22. The van der Waals surface area contributed by atoms with Gasteiger partial charge in [-0.25, -0.2) is 0 Å². The van der Waals surface area contributed by atoms with E-state index in [-0.39, 0.29) is 0 Å². The smallest absolute Gasteiger partial charge is 0.199 e. The van der Waals surface area contributed by atoms with Crippen molar-refractivity contribution in [3.05, 3.63) is 29.8 Å². The lowest BCUT2D eigenvalue weighted by atomic mass is 10.2. The summed E-state index contributed by atoms with van der Waals surface area (Å²) in [6, 6.07) is 6.96. The molecule has 0 N–H and O–H groups in total. The maximum absolute atomic E-state index is 12.6. The molecule has 3 nitrogen and oxygen atoms in total. The Balaban J connectivity index is 2.39. The Morgan fingerprint density at radius 2 is 1.67 bits per heavy atom. The van der Waals surface area contributed by atoms with E-state index < -0.39 is 20.7 Å². The van der Waals surface area contributed by atoms with Gasteiger partial charge in [0.1, 0.15) is 0 Å². The Morgan fingerprint density at radius 3 is 2.14 bits per heavy atom. The summed E-state index contributed by atoms with van der Waals surface area (Å²) >= 11 is 3.69. The molecule has 1 aliphatic rings. The average Bonchev–Trinajstić information content (AvgIpc) is 2.47. The van der Waals surface area contributed by atoms with Gasteiger partial charge in [-0.3, -0.25) is 0 Å². The summed E-state index contributed by atoms with van der Waals surface area (Å²) in [5.41, 5.74) is 1.05. The van der Waals surface area contributed by atoms with E-state index >= 15 is 0 Å². The van der Waals surface area contributed by atoms with Gasteiger partial charge in [-0.1, -0.05) is 42.2 Å². The molecule has 1 unspecified atom stereocenters. The highest BCUT2D eigenvalue weighted by molar-refractivity contribution is 8.30. The monoisotopic (exact) mass is 363 g/mol. The molecule has 2 rings (SSSR count). The molecule has 21 heavy (non-hydrogen) atoms. The van der Waals surface area contributed by atoms with E-state index in [1.807, 2.05) is 42.6 Å². The van der Waals surface area contributed by atoms with Gasteiger partial charge in [0.2, 0.25) is 0 Å². The van der Waals surface area contributed by atoms with Crippen LogP contribution in [0.25, 0.3) is 0 Å². The van der Waals surface area contributed by atoms with Crippen LogP contribution in [0.3, 0.4) is 0 Å². The van der Waals surface area contributed by atoms with E-state index in [2.05, 4.69) is 17.6 Å². The quantitative estimate of drug-likeness (QED) is 0.795. The van der Waals surface area contributed by atoms with Gasteiger partial charge >= 0.3 is 0 Å². The van der Waals surface area contributed by atoms with Gasteiger partial charge in [-0.05, 0) is 31.9 Å². The van der Waals surface area contributed by atoms with Crippen LogP contribution in [0.15, 0.2) is 32.9 Å². The molecule has 0 spiro atoms. The van der Waals surface area contributed by atoms with Gasteiger partial charge < -0.3 is 0 Å². The molecule has 1 aromatic carbocycles. The largest absolute Gasteiger partial charge is 0.287 e. The number of hydrogen-bond acceptors (Lipinski definition) is 4. The highest BCUT2D eigenvalue weighted by Gasteiger charge is 2.29. The number of aryl methyl sites for hydroxylation is 1. The molecule has 1 saturated heterocycles. The first kappa shape index (κ1) is 17.4. The van der Waals surface area contributed by atoms with Crippen LogP contribution in [0.2, 0.25) is 0 Å². The number of nitrogens with zero attached hydrogens (tertiary/aromatic N) is 1. The molecular weight excluding hydrogens is 342 g/mol. The molecule has 0 amide bonds.